The first-order chi connectivity index (χ1) is 7.57. The van der Waals surface area contributed by atoms with Crippen LogP contribution < -0.4 is 10.6 Å². The third-order valence-corrected chi connectivity index (χ3v) is 3.32. The highest BCUT2D eigenvalue weighted by molar-refractivity contribution is 5.82. The average Bonchev–Trinajstić information content (AvgIpc) is 2.85. The Balaban J connectivity index is 1.84. The molecule has 1 atom stereocenters. The molecule has 0 amide bonds. The zero-order valence-corrected chi connectivity index (χ0v) is 10.7. The van der Waals surface area contributed by atoms with E-state index in [1.54, 1.807) is 0 Å². The standard InChI is InChI=1S/C12H24N4/c1-12(2,3)16-8-7-14-11(16)15-9-10-5-4-6-13-10/h10,13H,4-9H2,1-3H3,(H,14,15). The summed E-state index contributed by atoms with van der Waals surface area (Å²) in [5.41, 5.74) is 0.172. The van der Waals surface area contributed by atoms with Crippen molar-refractivity contribution < 1.29 is 0 Å². The molecule has 16 heavy (non-hydrogen) atoms. The number of hydrogen-bond acceptors (Lipinski definition) is 4. The van der Waals surface area contributed by atoms with Gasteiger partial charge in [-0.2, -0.15) is 0 Å². The molecule has 2 N–H and O–H groups in total. The molecule has 4 nitrogen and oxygen atoms in total. The van der Waals surface area contributed by atoms with Gasteiger partial charge in [-0.05, 0) is 40.2 Å². The largest absolute Gasteiger partial charge is 0.355 e. The van der Waals surface area contributed by atoms with Crippen molar-refractivity contribution in [3.05, 3.63) is 0 Å². The van der Waals surface area contributed by atoms with Gasteiger partial charge in [-0.1, -0.05) is 0 Å². The minimum atomic E-state index is 0.172. The van der Waals surface area contributed by atoms with Crippen LogP contribution in [0.5, 0.6) is 0 Å². The zero-order valence-electron chi connectivity index (χ0n) is 10.7. The van der Waals surface area contributed by atoms with Crippen LogP contribution in [0.2, 0.25) is 0 Å². The van der Waals surface area contributed by atoms with E-state index >= 15 is 0 Å². The molecule has 0 aromatic rings. The maximum atomic E-state index is 4.55. The predicted octanol–water partition coefficient (Wildman–Crippen LogP) is 0.798. The molecule has 0 aromatic heterocycles. The fourth-order valence-corrected chi connectivity index (χ4v) is 2.40. The second kappa shape index (κ2) is 4.62. The van der Waals surface area contributed by atoms with E-state index in [-0.39, 0.29) is 5.54 Å². The molecular weight excluding hydrogens is 200 g/mol. The van der Waals surface area contributed by atoms with Crippen molar-refractivity contribution in [3.8, 4) is 0 Å². The molecule has 0 bridgehead atoms. The van der Waals surface area contributed by atoms with Gasteiger partial charge >= 0.3 is 0 Å². The van der Waals surface area contributed by atoms with Gasteiger partial charge in [-0.25, -0.2) is 0 Å². The van der Waals surface area contributed by atoms with E-state index in [0.717, 1.165) is 25.6 Å². The fourth-order valence-electron chi connectivity index (χ4n) is 2.40. The smallest absolute Gasteiger partial charge is 0.194 e. The molecule has 2 heterocycles. The van der Waals surface area contributed by atoms with Crippen molar-refractivity contribution in [3.63, 3.8) is 0 Å². The minimum Gasteiger partial charge on any atom is -0.355 e. The average molecular weight is 224 g/mol. The number of rotatable bonds is 2. The first-order valence-corrected chi connectivity index (χ1v) is 6.37. The van der Waals surface area contributed by atoms with Crippen LogP contribution in [0.4, 0.5) is 0 Å². The van der Waals surface area contributed by atoms with Crippen molar-refractivity contribution in [2.75, 3.05) is 26.2 Å². The lowest BCUT2D eigenvalue weighted by Gasteiger charge is -2.35. The predicted molar refractivity (Wildman–Crippen MR) is 67.8 cm³/mol. The third kappa shape index (κ3) is 2.67. The molecule has 0 radical (unpaired) electrons. The van der Waals surface area contributed by atoms with Crippen LogP contribution in [-0.2, 0) is 0 Å². The molecular formula is C12H24N4. The van der Waals surface area contributed by atoms with Gasteiger partial charge < -0.3 is 15.5 Å². The highest BCUT2D eigenvalue weighted by Gasteiger charge is 2.28. The van der Waals surface area contributed by atoms with Crippen LogP contribution in [0.25, 0.3) is 0 Å². The Morgan fingerprint density at radius 2 is 2.31 bits per heavy atom. The molecule has 0 spiro atoms. The van der Waals surface area contributed by atoms with E-state index in [4.69, 9.17) is 0 Å². The highest BCUT2D eigenvalue weighted by Crippen LogP contribution is 2.16. The lowest BCUT2D eigenvalue weighted by molar-refractivity contribution is 0.249. The molecule has 1 fully saturated rings. The number of nitrogens with one attached hydrogen (secondary N) is 2. The number of nitrogens with zero attached hydrogens (tertiary/aromatic N) is 2. The molecule has 4 heteroatoms. The van der Waals surface area contributed by atoms with E-state index in [1.807, 2.05) is 0 Å². The first kappa shape index (κ1) is 11.7. The Kier molecular flexibility index (Phi) is 3.38. The summed E-state index contributed by atoms with van der Waals surface area (Å²) >= 11 is 0. The Hall–Kier alpha value is -0.770. The topological polar surface area (TPSA) is 39.7 Å². The van der Waals surface area contributed by atoms with Gasteiger partial charge in [-0.3, -0.25) is 4.99 Å². The van der Waals surface area contributed by atoms with Crippen LogP contribution in [-0.4, -0.2) is 48.6 Å². The van der Waals surface area contributed by atoms with Crippen molar-refractivity contribution in [1.82, 2.24) is 15.5 Å². The summed E-state index contributed by atoms with van der Waals surface area (Å²) in [6.45, 7) is 10.9. The summed E-state index contributed by atoms with van der Waals surface area (Å²) in [5.74, 6) is 1.08. The lowest BCUT2D eigenvalue weighted by atomic mass is 10.1. The van der Waals surface area contributed by atoms with Gasteiger partial charge in [0.15, 0.2) is 5.96 Å². The molecule has 1 unspecified atom stereocenters. The van der Waals surface area contributed by atoms with Gasteiger partial charge in [0.2, 0.25) is 0 Å². The van der Waals surface area contributed by atoms with Crippen LogP contribution in [0, 0.1) is 0 Å². The van der Waals surface area contributed by atoms with Crippen LogP contribution in [0.3, 0.4) is 0 Å². The van der Waals surface area contributed by atoms with Crippen LogP contribution in [0.1, 0.15) is 33.6 Å². The summed E-state index contributed by atoms with van der Waals surface area (Å²) in [6.07, 6.45) is 2.59. The quantitative estimate of drug-likeness (QED) is 0.729. The van der Waals surface area contributed by atoms with Crippen molar-refractivity contribution in [2.24, 2.45) is 4.99 Å². The fraction of sp³-hybridized carbons (Fsp3) is 0.917. The summed E-state index contributed by atoms with van der Waals surface area (Å²) in [7, 11) is 0. The van der Waals surface area contributed by atoms with E-state index in [2.05, 4.69) is 41.3 Å². The minimum absolute atomic E-state index is 0.172. The number of hydrogen-bond donors (Lipinski definition) is 2. The van der Waals surface area contributed by atoms with Crippen molar-refractivity contribution >= 4 is 5.96 Å². The number of guanidine groups is 1. The Bertz CT molecular complexity index is 261. The molecule has 0 aromatic carbocycles. The van der Waals surface area contributed by atoms with Gasteiger partial charge in [0.1, 0.15) is 0 Å². The second-order valence-electron chi connectivity index (χ2n) is 5.70. The zero-order chi connectivity index (χ0) is 11.6. The van der Waals surface area contributed by atoms with E-state index < -0.39 is 0 Å². The Morgan fingerprint density at radius 1 is 1.50 bits per heavy atom. The van der Waals surface area contributed by atoms with Crippen molar-refractivity contribution in [1.29, 1.82) is 0 Å². The third-order valence-electron chi connectivity index (χ3n) is 3.32. The normalized spacial score (nSPS) is 26.1. The summed E-state index contributed by atoms with van der Waals surface area (Å²) < 4.78 is 0. The highest BCUT2D eigenvalue weighted by atomic mass is 15.4. The maximum Gasteiger partial charge on any atom is 0.194 e. The second-order valence-corrected chi connectivity index (χ2v) is 5.70. The molecule has 2 aliphatic heterocycles. The van der Waals surface area contributed by atoms with E-state index in [1.165, 1.54) is 19.4 Å². The van der Waals surface area contributed by atoms with Crippen LogP contribution >= 0.6 is 0 Å². The molecule has 2 aliphatic rings. The van der Waals surface area contributed by atoms with Gasteiger partial charge in [0.05, 0.1) is 6.54 Å². The molecule has 92 valence electrons. The van der Waals surface area contributed by atoms with Crippen molar-refractivity contribution in [2.45, 2.75) is 45.2 Å². The summed E-state index contributed by atoms with van der Waals surface area (Å²) in [6, 6.07) is 0.630. The van der Waals surface area contributed by atoms with Gasteiger partial charge in [-0.15, -0.1) is 0 Å². The molecule has 0 saturated carbocycles. The lowest BCUT2D eigenvalue weighted by Crippen LogP contribution is -2.51. The van der Waals surface area contributed by atoms with Gasteiger partial charge in [0, 0.05) is 24.7 Å². The van der Waals surface area contributed by atoms with Crippen LogP contribution in [0.15, 0.2) is 4.99 Å². The Labute approximate surface area is 98.5 Å². The molecule has 0 aliphatic carbocycles. The van der Waals surface area contributed by atoms with Gasteiger partial charge in [0.25, 0.3) is 0 Å². The first-order valence-electron chi connectivity index (χ1n) is 6.37. The molecule has 1 saturated heterocycles. The van der Waals surface area contributed by atoms with E-state index in [0.29, 0.717) is 6.04 Å². The Morgan fingerprint density at radius 3 is 2.94 bits per heavy atom. The SMILES string of the molecule is CC(C)(C)N1CCN=C1NCC1CCCN1. The summed E-state index contributed by atoms with van der Waals surface area (Å²) in [4.78, 5) is 6.91. The summed E-state index contributed by atoms with van der Waals surface area (Å²) in [5, 5.41) is 6.99. The maximum absolute atomic E-state index is 4.55. The monoisotopic (exact) mass is 224 g/mol. The van der Waals surface area contributed by atoms with E-state index in [9.17, 15) is 0 Å². The molecule has 2 rings (SSSR count). The number of aliphatic imine (C=N–C) groups is 1.